The Balaban J connectivity index is 2.04. The Bertz CT molecular complexity index is 754. The van der Waals surface area contributed by atoms with Crippen molar-refractivity contribution >= 4 is 22.8 Å². The van der Waals surface area contributed by atoms with Gasteiger partial charge in [0.15, 0.2) is 6.10 Å². The Labute approximate surface area is 147 Å². The molecular formula is C19H25NO5. The first kappa shape index (κ1) is 18.8. The number of hydrogen-bond donors (Lipinski definition) is 1. The van der Waals surface area contributed by atoms with E-state index in [1.54, 1.807) is 17.9 Å². The Morgan fingerprint density at radius 3 is 2.40 bits per heavy atom. The van der Waals surface area contributed by atoms with E-state index < -0.39 is 12.1 Å². The molecule has 0 radical (unpaired) electrons. The normalized spacial score (nSPS) is 12.6. The quantitative estimate of drug-likeness (QED) is 0.811. The fourth-order valence-corrected chi connectivity index (χ4v) is 2.97. The van der Waals surface area contributed by atoms with Crippen LogP contribution >= 0.6 is 0 Å². The summed E-state index contributed by atoms with van der Waals surface area (Å²) in [5.74, 6) is -0.609. The summed E-state index contributed by atoms with van der Waals surface area (Å²) in [6.07, 6.45) is 0.616. The lowest BCUT2D eigenvalue weighted by molar-refractivity contribution is -0.160. The third-order valence-corrected chi connectivity index (χ3v) is 4.00. The SMILES string of the molecule is CC(C)N(C(=O)[C@@H](C)OC(=O)Cc1coc2cc(O)ccc12)C(C)C. The molecule has 0 spiro atoms. The number of aromatic hydroxyl groups is 1. The van der Waals surface area contributed by atoms with E-state index in [4.69, 9.17) is 9.15 Å². The van der Waals surface area contributed by atoms with Gasteiger partial charge < -0.3 is 19.2 Å². The average Bonchev–Trinajstić information content (AvgIpc) is 2.88. The summed E-state index contributed by atoms with van der Waals surface area (Å²) in [5, 5.41) is 10.2. The molecule has 0 aliphatic carbocycles. The molecule has 1 amide bonds. The Morgan fingerprint density at radius 1 is 1.16 bits per heavy atom. The van der Waals surface area contributed by atoms with Crippen molar-refractivity contribution in [1.82, 2.24) is 4.90 Å². The molecule has 1 aromatic heterocycles. The molecule has 0 aliphatic rings. The van der Waals surface area contributed by atoms with Crippen molar-refractivity contribution in [3.05, 3.63) is 30.0 Å². The van der Waals surface area contributed by atoms with Crippen molar-refractivity contribution in [1.29, 1.82) is 0 Å². The molecule has 1 N–H and O–H groups in total. The van der Waals surface area contributed by atoms with E-state index in [1.807, 2.05) is 27.7 Å². The number of nitrogens with zero attached hydrogens (tertiary/aromatic N) is 1. The topological polar surface area (TPSA) is 80.0 Å². The molecule has 136 valence electrons. The number of benzene rings is 1. The van der Waals surface area contributed by atoms with Crippen molar-refractivity contribution in [2.24, 2.45) is 0 Å². The molecule has 0 bridgehead atoms. The maximum Gasteiger partial charge on any atom is 0.311 e. The fraction of sp³-hybridized carbons (Fsp3) is 0.474. The number of fused-ring (bicyclic) bond motifs is 1. The maximum atomic E-state index is 12.5. The van der Waals surface area contributed by atoms with Gasteiger partial charge in [0.1, 0.15) is 11.3 Å². The van der Waals surface area contributed by atoms with Gasteiger partial charge in [-0.2, -0.15) is 0 Å². The highest BCUT2D eigenvalue weighted by Crippen LogP contribution is 2.25. The van der Waals surface area contributed by atoms with Gasteiger partial charge >= 0.3 is 5.97 Å². The number of furan rings is 1. The van der Waals surface area contributed by atoms with Gasteiger partial charge in [0.05, 0.1) is 12.7 Å². The highest BCUT2D eigenvalue weighted by Gasteiger charge is 2.27. The molecule has 2 rings (SSSR count). The van der Waals surface area contributed by atoms with Gasteiger partial charge in [-0.1, -0.05) is 0 Å². The van der Waals surface area contributed by atoms with Gasteiger partial charge in [0, 0.05) is 29.1 Å². The lowest BCUT2D eigenvalue weighted by Crippen LogP contribution is -2.47. The first-order chi connectivity index (χ1) is 11.7. The van der Waals surface area contributed by atoms with Crippen LogP contribution in [-0.2, 0) is 20.7 Å². The van der Waals surface area contributed by atoms with Crippen LogP contribution in [0.4, 0.5) is 0 Å². The van der Waals surface area contributed by atoms with Crippen LogP contribution in [-0.4, -0.2) is 40.1 Å². The maximum absolute atomic E-state index is 12.5. The fourth-order valence-electron chi connectivity index (χ4n) is 2.97. The number of amides is 1. The number of carbonyl (C=O) groups excluding carboxylic acids is 2. The summed E-state index contributed by atoms with van der Waals surface area (Å²) in [6.45, 7) is 9.31. The van der Waals surface area contributed by atoms with Gasteiger partial charge in [0.2, 0.25) is 0 Å². The Kier molecular flexibility index (Phi) is 5.72. The zero-order valence-corrected chi connectivity index (χ0v) is 15.3. The number of rotatable bonds is 6. The van der Waals surface area contributed by atoms with Crippen molar-refractivity contribution in [3.63, 3.8) is 0 Å². The van der Waals surface area contributed by atoms with Crippen LogP contribution in [0.3, 0.4) is 0 Å². The summed E-state index contributed by atoms with van der Waals surface area (Å²) in [4.78, 5) is 26.4. The molecule has 2 aromatic rings. The number of ether oxygens (including phenoxy) is 1. The van der Waals surface area contributed by atoms with Crippen LogP contribution in [0, 0.1) is 0 Å². The molecule has 0 saturated heterocycles. The second-order valence-corrected chi connectivity index (χ2v) is 6.68. The summed E-state index contributed by atoms with van der Waals surface area (Å²) in [5.41, 5.74) is 1.15. The van der Waals surface area contributed by atoms with Gasteiger partial charge in [-0.25, -0.2) is 0 Å². The second-order valence-electron chi connectivity index (χ2n) is 6.68. The summed E-state index contributed by atoms with van der Waals surface area (Å²) in [6, 6.07) is 4.75. The van der Waals surface area contributed by atoms with Crippen LogP contribution in [0.1, 0.15) is 40.2 Å². The molecule has 6 heteroatoms. The average molecular weight is 347 g/mol. The molecule has 25 heavy (non-hydrogen) atoms. The van der Waals surface area contributed by atoms with Crippen molar-refractivity contribution in [2.75, 3.05) is 0 Å². The largest absolute Gasteiger partial charge is 0.508 e. The molecule has 0 unspecified atom stereocenters. The number of esters is 1. The molecule has 1 atom stereocenters. The Hall–Kier alpha value is -2.50. The molecule has 1 aromatic carbocycles. The van der Waals surface area contributed by atoms with Gasteiger partial charge in [-0.3, -0.25) is 9.59 Å². The smallest absolute Gasteiger partial charge is 0.311 e. The van der Waals surface area contributed by atoms with E-state index in [0.717, 1.165) is 5.39 Å². The lowest BCUT2D eigenvalue weighted by Gasteiger charge is -2.32. The van der Waals surface area contributed by atoms with E-state index >= 15 is 0 Å². The standard InChI is InChI=1S/C19H25NO5/c1-11(2)20(12(3)4)19(23)13(5)25-18(22)8-14-10-24-17-9-15(21)6-7-16(14)17/h6-7,9-13,21H,8H2,1-5H3/t13-/m1/s1. The summed E-state index contributed by atoms with van der Waals surface area (Å²) < 4.78 is 10.7. The first-order valence-electron chi connectivity index (χ1n) is 8.41. The zero-order valence-electron chi connectivity index (χ0n) is 15.3. The van der Waals surface area contributed by atoms with Gasteiger partial charge in [0.25, 0.3) is 5.91 Å². The van der Waals surface area contributed by atoms with Crippen molar-refractivity contribution in [3.8, 4) is 5.75 Å². The predicted molar refractivity (Wildman–Crippen MR) is 94.3 cm³/mol. The van der Waals surface area contributed by atoms with E-state index in [-0.39, 0.29) is 30.2 Å². The van der Waals surface area contributed by atoms with Crippen LogP contribution < -0.4 is 0 Å². The van der Waals surface area contributed by atoms with E-state index in [1.165, 1.54) is 18.4 Å². The Morgan fingerprint density at radius 2 is 1.80 bits per heavy atom. The summed E-state index contributed by atoms with van der Waals surface area (Å²) >= 11 is 0. The zero-order chi connectivity index (χ0) is 18.7. The van der Waals surface area contributed by atoms with Gasteiger partial charge in [-0.05, 0) is 46.8 Å². The molecule has 0 saturated carbocycles. The second kappa shape index (κ2) is 7.59. The molecule has 1 heterocycles. The third kappa shape index (κ3) is 4.32. The van der Waals surface area contributed by atoms with Crippen molar-refractivity contribution < 1.29 is 23.8 Å². The highest BCUT2D eigenvalue weighted by atomic mass is 16.5. The van der Waals surface area contributed by atoms with E-state index in [2.05, 4.69) is 0 Å². The lowest BCUT2D eigenvalue weighted by atomic mass is 10.1. The predicted octanol–water partition coefficient (Wildman–Crippen LogP) is 3.26. The molecule has 6 nitrogen and oxygen atoms in total. The van der Waals surface area contributed by atoms with Crippen molar-refractivity contribution in [2.45, 2.75) is 59.2 Å². The minimum atomic E-state index is -0.848. The minimum absolute atomic E-state index is 0.00124. The monoisotopic (exact) mass is 347 g/mol. The van der Waals surface area contributed by atoms with Crippen LogP contribution in [0.2, 0.25) is 0 Å². The number of hydrogen-bond acceptors (Lipinski definition) is 5. The molecule has 0 fully saturated rings. The third-order valence-electron chi connectivity index (χ3n) is 4.00. The van der Waals surface area contributed by atoms with E-state index in [9.17, 15) is 14.7 Å². The number of phenols is 1. The number of phenolic OH excluding ortho intramolecular Hbond substituents is 1. The first-order valence-corrected chi connectivity index (χ1v) is 8.41. The minimum Gasteiger partial charge on any atom is -0.508 e. The van der Waals surface area contributed by atoms with Gasteiger partial charge in [-0.15, -0.1) is 0 Å². The highest BCUT2D eigenvalue weighted by molar-refractivity contribution is 5.88. The van der Waals surface area contributed by atoms with Crippen LogP contribution in [0.15, 0.2) is 28.9 Å². The van der Waals surface area contributed by atoms with Crippen LogP contribution in [0.5, 0.6) is 5.75 Å². The molecule has 0 aliphatic heterocycles. The molecular weight excluding hydrogens is 322 g/mol. The number of carbonyl (C=O) groups is 2. The summed E-state index contributed by atoms with van der Waals surface area (Å²) in [7, 11) is 0. The van der Waals surface area contributed by atoms with E-state index in [0.29, 0.717) is 11.1 Å². The van der Waals surface area contributed by atoms with Crippen LogP contribution in [0.25, 0.3) is 11.0 Å².